The number of Topliss-reactive ketones (excluding diaryl/α,β-unsaturated/α-hetero) is 1. The predicted molar refractivity (Wildman–Crippen MR) is 53.8 cm³/mol. The smallest absolute Gasteiger partial charge is 0.302 e. The third-order valence-corrected chi connectivity index (χ3v) is 2.26. The molecule has 0 atom stereocenters. The maximum atomic E-state index is 11.3. The van der Waals surface area contributed by atoms with E-state index in [0.29, 0.717) is 5.03 Å². The minimum atomic E-state index is -0.544. The van der Waals surface area contributed by atoms with E-state index < -0.39 is 11.2 Å². The maximum absolute atomic E-state index is 11.3. The fourth-order valence-corrected chi connectivity index (χ4v) is 1.39. The minimum absolute atomic E-state index is 0.178. The van der Waals surface area contributed by atoms with E-state index in [4.69, 9.17) is 0 Å². The Bertz CT molecular complexity index is 429. The molecular weight excluding hydrogens is 204 g/mol. The topological polar surface area (TPSA) is 71.9 Å². The van der Waals surface area contributed by atoms with Gasteiger partial charge in [0, 0.05) is 6.07 Å². The molecule has 1 heterocycles. The second-order valence-electron chi connectivity index (χ2n) is 2.77. The Morgan fingerprint density at radius 2 is 2.21 bits per heavy atom. The van der Waals surface area contributed by atoms with Gasteiger partial charge in [-0.2, -0.15) is 0 Å². The van der Waals surface area contributed by atoms with Gasteiger partial charge in [-0.3, -0.25) is 14.2 Å². The van der Waals surface area contributed by atoms with Crippen LogP contribution in [0.5, 0.6) is 0 Å². The molecule has 0 saturated carbocycles. The molecule has 1 N–H and O–H groups in total. The lowest BCUT2D eigenvalue weighted by molar-refractivity contribution is -0.117. The van der Waals surface area contributed by atoms with Gasteiger partial charge in [0.15, 0.2) is 0 Å². The Hall–Kier alpha value is -1.30. The highest BCUT2D eigenvalue weighted by Crippen LogP contribution is 2.04. The molecule has 0 bridgehead atoms. The van der Waals surface area contributed by atoms with Gasteiger partial charge in [0.25, 0.3) is 5.56 Å². The van der Waals surface area contributed by atoms with Crippen LogP contribution in [-0.4, -0.2) is 21.6 Å². The summed E-state index contributed by atoms with van der Waals surface area (Å²) in [6.07, 6.45) is 1.75. The Morgan fingerprint density at radius 3 is 2.64 bits per heavy atom. The molecule has 1 aromatic rings. The summed E-state index contributed by atoms with van der Waals surface area (Å²) in [5.41, 5.74) is -0.995. The molecule has 0 aliphatic carbocycles. The average Bonchev–Trinajstić information content (AvgIpc) is 2.10. The van der Waals surface area contributed by atoms with Crippen LogP contribution in [0.15, 0.2) is 20.7 Å². The van der Waals surface area contributed by atoms with E-state index in [1.54, 1.807) is 6.26 Å². The van der Waals surface area contributed by atoms with Crippen molar-refractivity contribution >= 4 is 17.5 Å². The van der Waals surface area contributed by atoms with E-state index in [2.05, 4.69) is 4.98 Å². The number of H-pyrrole nitrogens is 1. The number of ketones is 1. The average molecular weight is 214 g/mol. The standard InChI is InChI=1S/C8H10N2O3S/c1-5(11)4-10-7(12)3-6(14-2)9-8(10)13/h3H,4H2,1-2H3,(H,9,13). The van der Waals surface area contributed by atoms with Crippen molar-refractivity contribution in [2.24, 2.45) is 0 Å². The number of aromatic amines is 1. The first-order chi connectivity index (χ1) is 6.54. The summed E-state index contributed by atoms with van der Waals surface area (Å²) in [6.45, 7) is 1.15. The van der Waals surface area contributed by atoms with Crippen molar-refractivity contribution in [1.82, 2.24) is 9.55 Å². The molecular formula is C8H10N2O3S. The van der Waals surface area contributed by atoms with Gasteiger partial charge in [-0.05, 0) is 13.2 Å². The molecule has 0 saturated heterocycles. The minimum Gasteiger partial charge on any atom is -0.302 e. The Balaban J connectivity index is 3.26. The van der Waals surface area contributed by atoms with Crippen LogP contribution in [-0.2, 0) is 11.3 Å². The van der Waals surface area contributed by atoms with Crippen molar-refractivity contribution in [2.45, 2.75) is 18.5 Å². The third kappa shape index (κ3) is 2.35. The molecule has 0 unspecified atom stereocenters. The van der Waals surface area contributed by atoms with Crippen LogP contribution in [0.25, 0.3) is 0 Å². The summed E-state index contributed by atoms with van der Waals surface area (Å²) in [6, 6.07) is 1.30. The molecule has 1 aromatic heterocycles. The van der Waals surface area contributed by atoms with Gasteiger partial charge in [-0.15, -0.1) is 11.8 Å². The van der Waals surface area contributed by atoms with Crippen molar-refractivity contribution in [3.8, 4) is 0 Å². The second-order valence-corrected chi connectivity index (χ2v) is 3.62. The summed E-state index contributed by atoms with van der Waals surface area (Å²) in [7, 11) is 0. The lowest BCUT2D eigenvalue weighted by atomic mass is 10.4. The van der Waals surface area contributed by atoms with Crippen LogP contribution >= 0.6 is 11.8 Å². The molecule has 1 rings (SSSR count). The largest absolute Gasteiger partial charge is 0.329 e. The quantitative estimate of drug-likeness (QED) is 0.561. The first-order valence-electron chi connectivity index (χ1n) is 3.92. The van der Waals surface area contributed by atoms with Crippen molar-refractivity contribution in [3.63, 3.8) is 0 Å². The number of carbonyl (C=O) groups excluding carboxylic acids is 1. The van der Waals surface area contributed by atoms with E-state index in [0.717, 1.165) is 4.57 Å². The van der Waals surface area contributed by atoms with Crippen LogP contribution < -0.4 is 11.2 Å². The highest BCUT2D eigenvalue weighted by molar-refractivity contribution is 7.98. The summed E-state index contributed by atoms with van der Waals surface area (Å²) in [5, 5.41) is 0.500. The van der Waals surface area contributed by atoms with E-state index in [1.807, 2.05) is 0 Å². The third-order valence-electron chi connectivity index (χ3n) is 1.60. The SMILES string of the molecule is CSc1cc(=O)n(CC(C)=O)c(=O)[nH]1. The monoisotopic (exact) mass is 214 g/mol. The molecule has 76 valence electrons. The number of hydrogen-bond donors (Lipinski definition) is 1. The highest BCUT2D eigenvalue weighted by Gasteiger charge is 2.05. The Kier molecular flexibility index (Phi) is 3.29. The summed E-state index contributed by atoms with van der Waals surface area (Å²) < 4.78 is 0.877. The van der Waals surface area contributed by atoms with Crippen molar-refractivity contribution in [1.29, 1.82) is 0 Å². The molecule has 5 nitrogen and oxygen atoms in total. The van der Waals surface area contributed by atoms with Gasteiger partial charge in [0.1, 0.15) is 5.78 Å². The second kappa shape index (κ2) is 4.28. The van der Waals surface area contributed by atoms with Crippen molar-refractivity contribution in [2.75, 3.05) is 6.26 Å². The van der Waals surface area contributed by atoms with Crippen LogP contribution in [0, 0.1) is 0 Å². The van der Waals surface area contributed by atoms with Crippen molar-refractivity contribution in [3.05, 3.63) is 26.9 Å². The van der Waals surface area contributed by atoms with Gasteiger partial charge in [-0.1, -0.05) is 0 Å². The molecule has 6 heteroatoms. The summed E-state index contributed by atoms with van der Waals surface area (Å²) in [4.78, 5) is 35.9. The molecule has 0 aromatic carbocycles. The fraction of sp³-hybridized carbons (Fsp3) is 0.375. The van der Waals surface area contributed by atoms with Crippen LogP contribution in [0.2, 0.25) is 0 Å². The zero-order valence-electron chi connectivity index (χ0n) is 7.86. The van der Waals surface area contributed by atoms with Crippen LogP contribution in [0.3, 0.4) is 0 Å². The highest BCUT2D eigenvalue weighted by atomic mass is 32.2. The number of nitrogens with zero attached hydrogens (tertiary/aromatic N) is 1. The molecule has 0 aliphatic rings. The number of thioether (sulfide) groups is 1. The number of rotatable bonds is 3. The van der Waals surface area contributed by atoms with Crippen molar-refractivity contribution < 1.29 is 4.79 Å². The van der Waals surface area contributed by atoms with Gasteiger partial charge in [-0.25, -0.2) is 4.79 Å². The summed E-state index contributed by atoms with van der Waals surface area (Å²) in [5.74, 6) is -0.227. The van der Waals surface area contributed by atoms with Gasteiger partial charge in [0.05, 0.1) is 11.6 Å². The molecule has 0 fully saturated rings. The van der Waals surface area contributed by atoms with E-state index in [9.17, 15) is 14.4 Å². The molecule has 0 spiro atoms. The number of nitrogens with one attached hydrogen (secondary N) is 1. The van der Waals surface area contributed by atoms with Gasteiger partial charge >= 0.3 is 5.69 Å². The number of hydrogen-bond acceptors (Lipinski definition) is 4. The zero-order chi connectivity index (χ0) is 10.7. The first kappa shape index (κ1) is 10.8. The summed E-state index contributed by atoms with van der Waals surface area (Å²) >= 11 is 1.27. The van der Waals surface area contributed by atoms with Gasteiger partial charge in [0.2, 0.25) is 0 Å². The Labute approximate surface area is 84.1 Å². The molecule has 14 heavy (non-hydrogen) atoms. The predicted octanol–water partition coefficient (Wildman–Crippen LogP) is -0.153. The zero-order valence-corrected chi connectivity index (χ0v) is 8.68. The maximum Gasteiger partial charge on any atom is 0.329 e. The van der Waals surface area contributed by atoms with Gasteiger partial charge < -0.3 is 4.98 Å². The molecule has 0 radical (unpaired) electrons. The van der Waals surface area contributed by atoms with Crippen LogP contribution in [0.4, 0.5) is 0 Å². The number of aromatic nitrogens is 2. The molecule has 0 aliphatic heterocycles. The van der Waals surface area contributed by atoms with E-state index in [-0.39, 0.29) is 12.3 Å². The normalized spacial score (nSPS) is 10.1. The fourth-order valence-electron chi connectivity index (χ4n) is 0.981. The Morgan fingerprint density at radius 1 is 1.57 bits per heavy atom. The lowest BCUT2D eigenvalue weighted by Gasteiger charge is -2.01. The van der Waals surface area contributed by atoms with E-state index in [1.165, 1.54) is 24.8 Å². The van der Waals surface area contributed by atoms with Crippen LogP contribution in [0.1, 0.15) is 6.92 Å². The lowest BCUT2D eigenvalue weighted by Crippen LogP contribution is -2.36. The van der Waals surface area contributed by atoms with E-state index >= 15 is 0 Å². The molecule has 0 amide bonds. The number of carbonyl (C=O) groups is 1. The first-order valence-corrected chi connectivity index (χ1v) is 5.14.